The second-order valence-electron chi connectivity index (χ2n) is 21.0. The van der Waals surface area contributed by atoms with Crippen LogP contribution in [0.15, 0.2) is 158 Å². The Balaban J connectivity index is 1.49. The van der Waals surface area contributed by atoms with Crippen molar-refractivity contribution < 1.29 is 0 Å². The Bertz CT molecular complexity index is 2660. The van der Waals surface area contributed by atoms with Crippen LogP contribution >= 0.6 is 0 Å². The van der Waals surface area contributed by atoms with Crippen LogP contribution < -0.4 is 9.80 Å². The number of benzene rings is 7. The lowest BCUT2D eigenvalue weighted by atomic mass is 9.86. The Morgan fingerprint density at radius 2 is 0.656 bits per heavy atom. The Morgan fingerprint density at radius 3 is 0.967 bits per heavy atom. The zero-order chi connectivity index (χ0) is 43.5. The predicted molar refractivity (Wildman–Crippen MR) is 265 cm³/mol. The third-order valence-electron chi connectivity index (χ3n) is 12.3. The first-order valence-corrected chi connectivity index (χ1v) is 21.9. The summed E-state index contributed by atoms with van der Waals surface area (Å²) in [6.45, 7) is 27.4. The number of nitrogens with zero attached hydrogens (tertiary/aromatic N) is 2. The van der Waals surface area contributed by atoms with Gasteiger partial charge in [0.2, 0.25) is 0 Å². The molecule has 61 heavy (non-hydrogen) atoms. The summed E-state index contributed by atoms with van der Waals surface area (Å²) in [4.78, 5) is 8.30. The second-order valence-corrected chi connectivity index (χ2v) is 21.0. The van der Waals surface area contributed by atoms with Crippen molar-refractivity contribution in [3.63, 3.8) is 0 Å². The van der Waals surface area contributed by atoms with Crippen molar-refractivity contribution in [2.24, 2.45) is 0 Å². The number of H-pyrrole nitrogens is 1. The van der Waals surface area contributed by atoms with E-state index in [2.05, 4.69) is 250 Å². The predicted octanol–water partition coefficient (Wildman–Crippen LogP) is 17.1. The highest BCUT2D eigenvalue weighted by Gasteiger charge is 2.28. The first-order chi connectivity index (χ1) is 28.8. The molecule has 1 aromatic heterocycles. The van der Waals surface area contributed by atoms with Crippen molar-refractivity contribution >= 4 is 55.7 Å². The van der Waals surface area contributed by atoms with E-state index in [1.807, 2.05) is 6.20 Å². The van der Waals surface area contributed by atoms with Crippen molar-refractivity contribution in [1.82, 2.24) is 4.98 Å². The first-order valence-electron chi connectivity index (χ1n) is 21.9. The van der Waals surface area contributed by atoms with Gasteiger partial charge in [-0.2, -0.15) is 0 Å². The summed E-state index contributed by atoms with van der Waals surface area (Å²) in [5.41, 5.74) is 14.5. The molecule has 8 aromatic rings. The fraction of sp³-hybridized carbons (Fsp3) is 0.276. The number of hydrogen-bond donors (Lipinski definition) is 1. The van der Waals surface area contributed by atoms with Crippen LogP contribution in [0.2, 0.25) is 0 Å². The molecule has 310 valence electrons. The van der Waals surface area contributed by atoms with Gasteiger partial charge in [-0.3, -0.25) is 0 Å². The van der Waals surface area contributed by atoms with E-state index < -0.39 is 0 Å². The van der Waals surface area contributed by atoms with E-state index in [-0.39, 0.29) is 21.7 Å². The van der Waals surface area contributed by atoms with Crippen LogP contribution in [0.3, 0.4) is 0 Å². The third kappa shape index (κ3) is 8.23. The molecular formula is C58H63N3. The molecule has 0 spiro atoms. The van der Waals surface area contributed by atoms with Crippen molar-refractivity contribution in [3.05, 3.63) is 180 Å². The molecule has 1 heterocycles. The standard InChI is InChI=1S/C58H63N3/c1-55(2,3)41-18-26-45(27-19-41)60(46-28-20-42(21-29-46)56(4,5)6)53-49-15-13-14-16-50(49)54(52-37-39(17-34-51(52)53)40-35-36-59-38-40)61(47-30-22-43(23-31-47)57(7,8)9)48-32-24-44(25-33-48)58(10,11)12/h13-38,59H,1-12H3. The quantitative estimate of drug-likeness (QED) is 0.128. The number of aromatic amines is 1. The molecule has 0 aliphatic carbocycles. The molecule has 1 N–H and O–H groups in total. The third-order valence-corrected chi connectivity index (χ3v) is 12.3. The van der Waals surface area contributed by atoms with Crippen molar-refractivity contribution in [3.8, 4) is 11.1 Å². The van der Waals surface area contributed by atoms with Gasteiger partial charge in [-0.15, -0.1) is 0 Å². The Hall–Kier alpha value is -6.06. The maximum absolute atomic E-state index is 3.31. The van der Waals surface area contributed by atoms with Crippen LogP contribution in [0, 0.1) is 0 Å². The Labute approximate surface area is 365 Å². The first kappa shape index (κ1) is 41.7. The number of rotatable bonds is 7. The fourth-order valence-corrected chi connectivity index (χ4v) is 8.55. The molecule has 8 rings (SSSR count). The highest BCUT2D eigenvalue weighted by Crippen LogP contribution is 2.52. The molecule has 0 aliphatic rings. The van der Waals surface area contributed by atoms with Gasteiger partial charge in [0.1, 0.15) is 0 Å². The van der Waals surface area contributed by atoms with Crippen LogP contribution in [0.1, 0.15) is 105 Å². The molecule has 3 nitrogen and oxygen atoms in total. The van der Waals surface area contributed by atoms with Gasteiger partial charge in [-0.25, -0.2) is 0 Å². The maximum Gasteiger partial charge on any atom is 0.0620 e. The van der Waals surface area contributed by atoms with Gasteiger partial charge in [0, 0.05) is 56.7 Å². The van der Waals surface area contributed by atoms with Crippen LogP contribution in [0.4, 0.5) is 34.1 Å². The zero-order valence-electron chi connectivity index (χ0n) is 38.4. The van der Waals surface area contributed by atoms with E-state index >= 15 is 0 Å². The summed E-state index contributed by atoms with van der Waals surface area (Å²) in [6.07, 6.45) is 4.10. The summed E-state index contributed by atoms with van der Waals surface area (Å²) in [5, 5.41) is 4.71. The second kappa shape index (κ2) is 15.4. The normalized spacial score (nSPS) is 12.6. The van der Waals surface area contributed by atoms with Gasteiger partial charge < -0.3 is 14.8 Å². The van der Waals surface area contributed by atoms with E-state index in [9.17, 15) is 0 Å². The average molecular weight is 802 g/mol. The molecular weight excluding hydrogens is 739 g/mol. The molecule has 0 amide bonds. The van der Waals surface area contributed by atoms with E-state index in [4.69, 9.17) is 0 Å². The summed E-state index contributed by atoms with van der Waals surface area (Å²) in [7, 11) is 0. The molecule has 0 unspecified atom stereocenters. The SMILES string of the molecule is CC(C)(C)c1ccc(N(c2ccc(C(C)(C)C)cc2)c2c3ccccc3c(N(c3ccc(C(C)(C)C)cc3)c3ccc(C(C)(C)C)cc3)c3cc(-c4cc[nH]c4)ccc23)cc1. The topological polar surface area (TPSA) is 22.3 Å². The lowest BCUT2D eigenvalue weighted by Crippen LogP contribution is -2.17. The van der Waals surface area contributed by atoms with E-state index in [0.717, 1.165) is 45.3 Å². The van der Waals surface area contributed by atoms with Crippen LogP contribution in [0.25, 0.3) is 32.7 Å². The largest absolute Gasteiger partial charge is 0.367 e. The van der Waals surface area contributed by atoms with Gasteiger partial charge in [0.15, 0.2) is 0 Å². The number of aromatic nitrogens is 1. The highest BCUT2D eigenvalue weighted by atomic mass is 15.2. The van der Waals surface area contributed by atoms with Gasteiger partial charge >= 0.3 is 0 Å². The fourth-order valence-electron chi connectivity index (χ4n) is 8.55. The minimum atomic E-state index is 0.0316. The van der Waals surface area contributed by atoms with Crippen LogP contribution in [-0.2, 0) is 21.7 Å². The molecule has 0 atom stereocenters. The summed E-state index contributed by atoms with van der Waals surface area (Å²) >= 11 is 0. The number of nitrogens with one attached hydrogen (secondary N) is 1. The monoisotopic (exact) mass is 802 g/mol. The summed E-state index contributed by atoms with van der Waals surface area (Å²) in [6, 6.07) is 55.1. The molecule has 0 fully saturated rings. The number of anilines is 6. The van der Waals surface area contributed by atoms with Gasteiger partial charge in [-0.1, -0.05) is 168 Å². The zero-order valence-corrected chi connectivity index (χ0v) is 38.4. The lowest BCUT2D eigenvalue weighted by molar-refractivity contribution is 0.590. The van der Waals surface area contributed by atoms with E-state index in [1.165, 1.54) is 43.8 Å². The molecule has 0 radical (unpaired) electrons. The molecule has 7 aromatic carbocycles. The minimum Gasteiger partial charge on any atom is -0.367 e. The summed E-state index contributed by atoms with van der Waals surface area (Å²) in [5.74, 6) is 0. The molecule has 0 saturated carbocycles. The maximum atomic E-state index is 3.31. The van der Waals surface area contributed by atoms with Crippen molar-refractivity contribution in [2.45, 2.75) is 105 Å². The average Bonchev–Trinajstić information content (AvgIpc) is 3.77. The van der Waals surface area contributed by atoms with Crippen LogP contribution in [0.5, 0.6) is 0 Å². The minimum absolute atomic E-state index is 0.0316. The molecule has 0 bridgehead atoms. The lowest BCUT2D eigenvalue weighted by Gasteiger charge is -2.34. The van der Waals surface area contributed by atoms with E-state index in [1.54, 1.807) is 0 Å². The van der Waals surface area contributed by atoms with Crippen molar-refractivity contribution in [1.29, 1.82) is 0 Å². The Kier molecular flexibility index (Phi) is 10.5. The summed E-state index contributed by atoms with van der Waals surface area (Å²) < 4.78 is 0. The molecule has 0 aliphatic heterocycles. The highest BCUT2D eigenvalue weighted by molar-refractivity contribution is 6.23. The van der Waals surface area contributed by atoms with Gasteiger partial charge in [0.25, 0.3) is 0 Å². The van der Waals surface area contributed by atoms with Crippen molar-refractivity contribution in [2.75, 3.05) is 9.80 Å². The molecule has 3 heteroatoms. The number of hydrogen-bond acceptors (Lipinski definition) is 2. The van der Waals surface area contributed by atoms with Gasteiger partial charge in [0.05, 0.1) is 11.4 Å². The Morgan fingerprint density at radius 1 is 0.328 bits per heavy atom. The van der Waals surface area contributed by atoms with Crippen LogP contribution in [-0.4, -0.2) is 4.98 Å². The molecule has 0 saturated heterocycles. The van der Waals surface area contributed by atoms with E-state index in [0.29, 0.717) is 0 Å². The van der Waals surface area contributed by atoms with Gasteiger partial charge in [-0.05, 0) is 116 Å². The number of fused-ring (bicyclic) bond motifs is 2. The smallest absolute Gasteiger partial charge is 0.0620 e.